The van der Waals surface area contributed by atoms with Crippen LogP contribution < -0.4 is 5.73 Å². The maximum Gasteiger partial charge on any atom is 0.227 e. The SMILES string of the molecule is NC(=O)C1CCN(C(=O)CCc2nc(-c3cccnc3)no2)CC1. The highest BCUT2D eigenvalue weighted by atomic mass is 16.5. The minimum atomic E-state index is -0.282. The molecule has 8 heteroatoms. The first-order valence-electron chi connectivity index (χ1n) is 7.93. The lowest BCUT2D eigenvalue weighted by Gasteiger charge is -2.30. The van der Waals surface area contributed by atoms with E-state index in [1.165, 1.54) is 0 Å². The zero-order valence-corrected chi connectivity index (χ0v) is 13.2. The van der Waals surface area contributed by atoms with Gasteiger partial charge in [0.05, 0.1) is 0 Å². The highest BCUT2D eigenvalue weighted by Crippen LogP contribution is 2.18. The highest BCUT2D eigenvalue weighted by Gasteiger charge is 2.25. The van der Waals surface area contributed by atoms with Crippen molar-refractivity contribution in [2.75, 3.05) is 13.1 Å². The molecule has 2 N–H and O–H groups in total. The zero-order chi connectivity index (χ0) is 16.9. The molecule has 2 amide bonds. The van der Waals surface area contributed by atoms with Crippen LogP contribution in [-0.2, 0) is 16.0 Å². The number of carbonyl (C=O) groups excluding carboxylic acids is 2. The molecule has 1 aliphatic rings. The lowest BCUT2D eigenvalue weighted by molar-refractivity contribution is -0.134. The summed E-state index contributed by atoms with van der Waals surface area (Å²) in [7, 11) is 0. The normalized spacial score (nSPS) is 15.4. The average molecular weight is 329 g/mol. The van der Waals surface area contributed by atoms with E-state index in [1.54, 1.807) is 23.4 Å². The van der Waals surface area contributed by atoms with Gasteiger partial charge in [0.15, 0.2) is 0 Å². The number of hydrogen-bond donors (Lipinski definition) is 1. The largest absolute Gasteiger partial charge is 0.369 e. The summed E-state index contributed by atoms with van der Waals surface area (Å²) in [6.07, 6.45) is 5.28. The molecule has 24 heavy (non-hydrogen) atoms. The van der Waals surface area contributed by atoms with Gasteiger partial charge in [0, 0.05) is 49.8 Å². The van der Waals surface area contributed by atoms with E-state index >= 15 is 0 Å². The molecule has 0 aliphatic carbocycles. The Hall–Kier alpha value is -2.77. The third-order valence-corrected chi connectivity index (χ3v) is 4.19. The summed E-state index contributed by atoms with van der Waals surface area (Å²) >= 11 is 0. The fourth-order valence-corrected chi connectivity index (χ4v) is 2.75. The molecule has 3 rings (SSSR count). The van der Waals surface area contributed by atoms with Crippen LogP contribution in [0, 0.1) is 5.92 Å². The number of likely N-dealkylation sites (tertiary alicyclic amines) is 1. The number of aryl methyl sites for hydroxylation is 1. The summed E-state index contributed by atoms with van der Waals surface area (Å²) < 4.78 is 5.18. The van der Waals surface area contributed by atoms with E-state index in [1.807, 2.05) is 6.07 Å². The highest BCUT2D eigenvalue weighted by molar-refractivity contribution is 5.78. The number of pyridine rings is 1. The Morgan fingerprint density at radius 2 is 2.12 bits per heavy atom. The first-order valence-corrected chi connectivity index (χ1v) is 7.93. The predicted octanol–water partition coefficient (Wildman–Crippen LogP) is 0.788. The van der Waals surface area contributed by atoms with Gasteiger partial charge in [-0.05, 0) is 25.0 Å². The lowest BCUT2D eigenvalue weighted by Crippen LogP contribution is -2.41. The molecule has 126 valence electrons. The molecule has 0 atom stereocenters. The minimum absolute atomic E-state index is 0.0269. The van der Waals surface area contributed by atoms with Crippen molar-refractivity contribution in [3.05, 3.63) is 30.4 Å². The van der Waals surface area contributed by atoms with E-state index in [0.29, 0.717) is 50.5 Å². The molecule has 2 aromatic heterocycles. The van der Waals surface area contributed by atoms with Crippen molar-refractivity contribution in [3.8, 4) is 11.4 Å². The van der Waals surface area contributed by atoms with Crippen molar-refractivity contribution in [2.24, 2.45) is 11.7 Å². The molecule has 0 radical (unpaired) electrons. The third-order valence-electron chi connectivity index (χ3n) is 4.19. The lowest BCUT2D eigenvalue weighted by atomic mass is 9.96. The van der Waals surface area contributed by atoms with Gasteiger partial charge < -0.3 is 15.2 Å². The van der Waals surface area contributed by atoms with Crippen molar-refractivity contribution in [1.29, 1.82) is 0 Å². The monoisotopic (exact) mass is 329 g/mol. The fourth-order valence-electron chi connectivity index (χ4n) is 2.75. The second-order valence-electron chi connectivity index (χ2n) is 5.81. The van der Waals surface area contributed by atoms with Crippen molar-refractivity contribution < 1.29 is 14.1 Å². The first-order chi connectivity index (χ1) is 11.6. The Morgan fingerprint density at radius 3 is 2.79 bits per heavy atom. The molecule has 2 aromatic rings. The molecular formula is C16H19N5O3. The second kappa shape index (κ2) is 7.20. The van der Waals surface area contributed by atoms with Crippen LogP contribution in [0.2, 0.25) is 0 Å². The number of rotatable bonds is 5. The summed E-state index contributed by atoms with van der Waals surface area (Å²) in [5, 5.41) is 3.90. The molecule has 3 heterocycles. The Bertz CT molecular complexity index is 708. The zero-order valence-electron chi connectivity index (χ0n) is 13.2. The maximum absolute atomic E-state index is 12.2. The Balaban J connectivity index is 1.50. The van der Waals surface area contributed by atoms with Gasteiger partial charge in [-0.15, -0.1) is 0 Å². The minimum Gasteiger partial charge on any atom is -0.369 e. The van der Waals surface area contributed by atoms with Gasteiger partial charge in [0.25, 0.3) is 0 Å². The van der Waals surface area contributed by atoms with Gasteiger partial charge in [0.2, 0.25) is 23.5 Å². The topological polar surface area (TPSA) is 115 Å². The van der Waals surface area contributed by atoms with Gasteiger partial charge in [-0.1, -0.05) is 5.16 Å². The number of amides is 2. The molecule has 8 nitrogen and oxygen atoms in total. The number of primary amides is 1. The van der Waals surface area contributed by atoms with Gasteiger partial charge >= 0.3 is 0 Å². The third kappa shape index (κ3) is 3.76. The van der Waals surface area contributed by atoms with Crippen LogP contribution in [0.15, 0.2) is 29.0 Å². The van der Waals surface area contributed by atoms with Gasteiger partial charge in [-0.3, -0.25) is 14.6 Å². The molecular weight excluding hydrogens is 310 g/mol. The summed E-state index contributed by atoms with van der Waals surface area (Å²) in [5.74, 6) is 0.518. The Labute approximate surface area is 139 Å². The summed E-state index contributed by atoms with van der Waals surface area (Å²) in [5.41, 5.74) is 6.07. The molecule has 1 fully saturated rings. The van der Waals surface area contributed by atoms with Crippen molar-refractivity contribution in [3.63, 3.8) is 0 Å². The smallest absolute Gasteiger partial charge is 0.227 e. The van der Waals surface area contributed by atoms with E-state index in [2.05, 4.69) is 15.1 Å². The molecule has 0 aromatic carbocycles. The molecule has 1 saturated heterocycles. The molecule has 0 saturated carbocycles. The number of hydrogen-bond acceptors (Lipinski definition) is 6. The average Bonchev–Trinajstić information content (AvgIpc) is 3.09. The van der Waals surface area contributed by atoms with Crippen LogP contribution in [0.1, 0.15) is 25.2 Å². The van der Waals surface area contributed by atoms with E-state index in [9.17, 15) is 9.59 Å². The van der Waals surface area contributed by atoms with E-state index in [0.717, 1.165) is 5.56 Å². The molecule has 0 bridgehead atoms. The van der Waals surface area contributed by atoms with Crippen molar-refractivity contribution in [2.45, 2.75) is 25.7 Å². The second-order valence-corrected chi connectivity index (χ2v) is 5.81. The van der Waals surface area contributed by atoms with E-state index in [4.69, 9.17) is 10.3 Å². The number of nitrogens with zero attached hydrogens (tertiary/aromatic N) is 4. The summed E-state index contributed by atoms with van der Waals surface area (Å²) in [6.45, 7) is 1.13. The predicted molar refractivity (Wildman–Crippen MR) is 84.3 cm³/mol. The molecule has 0 unspecified atom stereocenters. The van der Waals surface area contributed by atoms with E-state index < -0.39 is 0 Å². The van der Waals surface area contributed by atoms with Crippen molar-refractivity contribution >= 4 is 11.8 Å². The first kappa shape index (κ1) is 16.1. The number of nitrogens with two attached hydrogens (primary N) is 1. The van der Waals surface area contributed by atoms with Crippen LogP contribution >= 0.6 is 0 Å². The standard InChI is InChI=1S/C16H19N5O3/c17-15(23)11-5-8-21(9-6-11)14(22)4-3-13-19-16(20-24-13)12-2-1-7-18-10-12/h1-2,7,10-11H,3-6,8-9H2,(H2,17,23). The van der Waals surface area contributed by atoms with Gasteiger partial charge in [0.1, 0.15) is 0 Å². The van der Waals surface area contributed by atoms with Gasteiger partial charge in [-0.2, -0.15) is 4.98 Å². The Morgan fingerprint density at radius 1 is 1.33 bits per heavy atom. The van der Waals surface area contributed by atoms with Crippen LogP contribution in [0.25, 0.3) is 11.4 Å². The number of piperidine rings is 1. The molecule has 0 spiro atoms. The van der Waals surface area contributed by atoms with Crippen LogP contribution in [-0.4, -0.2) is 44.9 Å². The van der Waals surface area contributed by atoms with Crippen LogP contribution in [0.4, 0.5) is 0 Å². The quantitative estimate of drug-likeness (QED) is 0.867. The fraction of sp³-hybridized carbons (Fsp3) is 0.438. The van der Waals surface area contributed by atoms with Crippen LogP contribution in [0.5, 0.6) is 0 Å². The maximum atomic E-state index is 12.2. The summed E-state index contributed by atoms with van der Waals surface area (Å²) in [4.78, 5) is 33.4. The Kier molecular flexibility index (Phi) is 4.83. The summed E-state index contributed by atoms with van der Waals surface area (Å²) in [6, 6.07) is 3.64. The van der Waals surface area contributed by atoms with Gasteiger partial charge in [-0.25, -0.2) is 0 Å². The van der Waals surface area contributed by atoms with E-state index in [-0.39, 0.29) is 17.7 Å². The van der Waals surface area contributed by atoms with Crippen LogP contribution in [0.3, 0.4) is 0 Å². The molecule has 1 aliphatic heterocycles. The number of aromatic nitrogens is 3. The van der Waals surface area contributed by atoms with Crippen molar-refractivity contribution in [1.82, 2.24) is 20.0 Å². The number of carbonyl (C=O) groups is 2.